The van der Waals surface area contributed by atoms with Gasteiger partial charge < -0.3 is 50.9 Å². The molecule has 2 unspecified atom stereocenters. The van der Waals surface area contributed by atoms with Crippen molar-refractivity contribution in [2.24, 2.45) is 23.5 Å². The quantitative estimate of drug-likeness (QED) is 0.0461. The van der Waals surface area contributed by atoms with Crippen LogP contribution in [0, 0.1) is 17.8 Å². The number of Topliss-reactive ketones (excluding diaryl/α,β-unsaturated/α-hetero) is 2. The number of hydrogen-bond donors (Lipinski definition) is 4. The van der Waals surface area contributed by atoms with Gasteiger partial charge in [-0.2, -0.15) is 39.2 Å². The van der Waals surface area contributed by atoms with E-state index in [0.717, 1.165) is 161 Å². The molecule has 5 N–H and O–H groups in total. The summed E-state index contributed by atoms with van der Waals surface area (Å²) in [6.45, 7) is 20.8. The molecular formula is C71H110BrN17O6. The molecule has 0 aliphatic carbocycles. The van der Waals surface area contributed by atoms with E-state index in [1.807, 2.05) is 101 Å². The van der Waals surface area contributed by atoms with E-state index in [4.69, 9.17) is 35.6 Å². The van der Waals surface area contributed by atoms with Crippen LogP contribution in [-0.2, 0) is 49.9 Å². The Kier molecular flexibility index (Phi) is 28.7. The van der Waals surface area contributed by atoms with Crippen molar-refractivity contribution in [2.75, 3.05) is 114 Å². The van der Waals surface area contributed by atoms with Gasteiger partial charge in [-0.3, -0.25) is 24.0 Å². The number of ketones is 2. The summed E-state index contributed by atoms with van der Waals surface area (Å²) in [6.07, 6.45) is 20.6. The molecule has 2 atom stereocenters. The number of rotatable bonds is 22. The molecule has 4 aromatic heterocycles. The van der Waals surface area contributed by atoms with Gasteiger partial charge in [0, 0.05) is 144 Å². The van der Waals surface area contributed by atoms with Crippen molar-refractivity contribution in [2.45, 2.75) is 150 Å². The maximum atomic E-state index is 13.4. The summed E-state index contributed by atoms with van der Waals surface area (Å²) in [6, 6.07) is 16.7. The van der Waals surface area contributed by atoms with E-state index in [1.165, 1.54) is 0 Å². The largest absolute Gasteiger partial charge is 0.481 e. The second kappa shape index (κ2) is 36.4. The highest BCUT2D eigenvalue weighted by Gasteiger charge is 2.28. The van der Waals surface area contributed by atoms with E-state index in [-0.39, 0.29) is 68.4 Å². The van der Waals surface area contributed by atoms with Crippen molar-refractivity contribution >= 4 is 81.4 Å². The van der Waals surface area contributed by atoms with Crippen molar-refractivity contribution in [3.8, 4) is 0 Å². The number of likely N-dealkylation sites (N-methyl/N-ethyl adjacent to an activating group) is 2. The first kappa shape index (κ1) is 74.7. The van der Waals surface area contributed by atoms with Gasteiger partial charge in [-0.1, -0.05) is 95.3 Å². The zero-order valence-corrected chi connectivity index (χ0v) is 59.5. The number of nitrogens with zero attached hydrogens (tertiary/aromatic N) is 14. The molecule has 4 aliphatic rings. The maximum Gasteiger partial charge on any atom is 0.300 e. The lowest BCUT2D eigenvalue weighted by atomic mass is 9.91. The number of nitrogens with two attached hydrogens (primary N) is 1. The summed E-state index contributed by atoms with van der Waals surface area (Å²) in [4.78, 5) is 93.0. The Morgan fingerprint density at radius 2 is 0.979 bits per heavy atom. The van der Waals surface area contributed by atoms with Gasteiger partial charge in [-0.05, 0) is 132 Å². The van der Waals surface area contributed by atoms with Gasteiger partial charge in [0.25, 0.3) is 5.97 Å². The number of aromatic nitrogens is 8. The third-order valence-corrected chi connectivity index (χ3v) is 18.0. The molecule has 4 aliphatic heterocycles. The summed E-state index contributed by atoms with van der Waals surface area (Å²) in [5, 5.41) is 23.7. The number of likely N-dealkylation sites (tertiary alicyclic amines) is 2. The molecule has 0 bridgehead atoms. The van der Waals surface area contributed by atoms with Gasteiger partial charge in [-0.15, -0.1) is 17.0 Å². The number of carbonyl (C=O) groups excluding carboxylic acids is 4. The number of piperidine rings is 2. The van der Waals surface area contributed by atoms with E-state index in [1.54, 1.807) is 16.7 Å². The van der Waals surface area contributed by atoms with E-state index in [0.29, 0.717) is 82.3 Å². The van der Waals surface area contributed by atoms with Gasteiger partial charge in [0.2, 0.25) is 35.6 Å². The number of carboxylic acids is 1. The first-order valence-corrected chi connectivity index (χ1v) is 33.9. The monoisotopic (exact) mass is 1380 g/mol. The number of nitrogens with one attached hydrogen (secondary N) is 2. The number of hydrogen-bond acceptors (Lipinski definition) is 18. The number of aliphatic carboxylic acids is 1. The minimum Gasteiger partial charge on any atom is -0.481 e. The van der Waals surface area contributed by atoms with E-state index < -0.39 is 5.97 Å². The normalized spacial score (nSPS) is 17.6. The first-order chi connectivity index (χ1) is 45.1. The lowest BCUT2D eigenvalue weighted by Crippen LogP contribution is -2.40. The van der Waals surface area contributed by atoms with Crippen LogP contribution in [0.25, 0.3) is 11.3 Å². The average molecular weight is 1380 g/mol. The standard InChI is InChI=1S/C35H50N8O2.C34H49N9O2.C2H4O2.BrH.3H2/c1-25(2)30-24-37-43-33(30)38-35(42-18-13-26(3)14-19-42)39-34(43)36-23-28-10-6-9-27(21-28)22-31(44)29-11-7-17-41(20-15-29)32(45)12-8-16-40(4)5;1-24(2)29-23-37-43-32(29)38-34(42-18-13-28(35)14-19-42)39-33(43)36-22-26-9-5-8-25(20-26)21-30(44)27-10-6-16-41(17-12-27)31(45)11-7-15-40(3)4;1-2(3)4;;;;/h6,8-10,12,21,24-26,29H,7,11,13-20,22-23H2,1-5H3,(H,36,38,39);5,7-9,11,20,23-24,27-28H,6,10,12-19,21-22,35H2,1-4H3,(H,36,38,39);1H3,(H,3,4);4*1H/b12-8+;11-7+;;;;;. The molecule has 4 saturated heterocycles. The topological polar surface area (TPSA) is 261 Å². The van der Waals surface area contributed by atoms with Crippen LogP contribution in [0.3, 0.4) is 0 Å². The fourth-order valence-electron chi connectivity index (χ4n) is 12.4. The molecule has 95 heavy (non-hydrogen) atoms. The molecule has 0 saturated carbocycles. The first-order valence-electron chi connectivity index (χ1n) is 33.9. The minimum absolute atomic E-state index is 0. The predicted octanol–water partition coefficient (Wildman–Crippen LogP) is 10.0. The lowest BCUT2D eigenvalue weighted by Gasteiger charge is -2.30. The number of benzene rings is 2. The van der Waals surface area contributed by atoms with Gasteiger partial charge in [0.1, 0.15) is 11.6 Å². The molecule has 2 aromatic carbocycles. The molecule has 2 amide bonds. The molecule has 24 heteroatoms. The summed E-state index contributed by atoms with van der Waals surface area (Å²) >= 11 is 0. The number of halogens is 1. The van der Waals surface area contributed by atoms with Crippen LogP contribution in [0.4, 0.5) is 23.8 Å². The molecule has 4 fully saturated rings. The van der Waals surface area contributed by atoms with Gasteiger partial charge in [0.05, 0.1) is 12.4 Å². The Labute approximate surface area is 576 Å². The van der Waals surface area contributed by atoms with Gasteiger partial charge in [0.15, 0.2) is 11.3 Å². The highest BCUT2D eigenvalue weighted by atomic mass is 79.9. The number of anilines is 4. The third-order valence-electron chi connectivity index (χ3n) is 18.0. The molecule has 23 nitrogen and oxygen atoms in total. The van der Waals surface area contributed by atoms with Crippen LogP contribution in [0.15, 0.2) is 85.2 Å². The second-order valence-electron chi connectivity index (χ2n) is 27.1. The van der Waals surface area contributed by atoms with Gasteiger partial charge >= 0.3 is 0 Å². The van der Waals surface area contributed by atoms with Crippen molar-refractivity contribution in [1.29, 1.82) is 0 Å². The van der Waals surface area contributed by atoms with Gasteiger partial charge in [-0.25, -0.2) is 0 Å². The van der Waals surface area contributed by atoms with Crippen LogP contribution < -0.4 is 26.2 Å². The van der Waals surface area contributed by atoms with E-state index in [2.05, 4.69) is 89.5 Å². The van der Waals surface area contributed by atoms with Crippen LogP contribution in [0.5, 0.6) is 0 Å². The van der Waals surface area contributed by atoms with Crippen LogP contribution in [-0.4, -0.2) is 193 Å². The smallest absolute Gasteiger partial charge is 0.300 e. The Morgan fingerprint density at radius 1 is 0.589 bits per heavy atom. The number of carbonyl (C=O) groups is 5. The molecular weight excluding hydrogens is 1270 g/mol. The lowest BCUT2D eigenvalue weighted by molar-refractivity contribution is -0.134. The van der Waals surface area contributed by atoms with Crippen LogP contribution >= 0.6 is 17.0 Å². The molecule has 0 radical (unpaired) electrons. The maximum absolute atomic E-state index is 13.4. The zero-order valence-electron chi connectivity index (χ0n) is 57.8. The summed E-state index contributed by atoms with van der Waals surface area (Å²) in [7, 11) is 7.91. The Morgan fingerprint density at radius 3 is 1.37 bits per heavy atom. The molecule has 0 spiro atoms. The Bertz CT molecular complexity index is 3340. The Balaban J connectivity index is 0.000000380. The fourth-order valence-corrected chi connectivity index (χ4v) is 12.4. The summed E-state index contributed by atoms with van der Waals surface area (Å²) in [5.74, 6) is 3.80. The van der Waals surface area contributed by atoms with Crippen molar-refractivity contribution in [3.05, 3.63) is 119 Å². The van der Waals surface area contributed by atoms with Crippen LogP contribution in [0.1, 0.15) is 155 Å². The fraction of sp³-hybridized carbons (Fsp3) is 0.563. The van der Waals surface area contributed by atoms with Crippen molar-refractivity contribution in [1.82, 2.24) is 58.8 Å². The SMILES string of the molecule is Br.CC(=O)O.CC(C)c1cnn2c(NCc3cccc(CC(=O)C4CCCN(C(=O)/C=C/CN(C)C)CC4)c3)nc(N3CCC(N)CC3)nc12.CC1CCN(c2nc(NCc3cccc(CC(=O)C4CCCN(C(=O)/C=C/CN(C)C)CC4)c3)n3ncc(C(C)C)c3n2)CC1.[HH].[HH].[HH]. The molecule has 6 aromatic rings. The zero-order chi connectivity index (χ0) is 67.4. The Hall–Kier alpha value is -7.67. The minimum atomic E-state index is -0.833. The number of amides is 2. The van der Waals surface area contributed by atoms with Crippen LogP contribution in [0.2, 0.25) is 0 Å². The molecule has 8 heterocycles. The van der Waals surface area contributed by atoms with E-state index in [9.17, 15) is 19.2 Å². The summed E-state index contributed by atoms with van der Waals surface area (Å²) in [5.41, 5.74) is 14.2. The number of fused-ring (bicyclic) bond motifs is 2. The second-order valence-corrected chi connectivity index (χ2v) is 27.1. The average Bonchev–Trinajstić information content (AvgIpc) is 1.60. The number of carboxylic acid groups (broad SMARTS) is 1. The van der Waals surface area contributed by atoms with Crippen molar-refractivity contribution in [3.63, 3.8) is 0 Å². The van der Waals surface area contributed by atoms with E-state index >= 15 is 0 Å². The highest BCUT2D eigenvalue weighted by Crippen LogP contribution is 2.29. The molecule has 10 rings (SSSR count). The molecule has 522 valence electrons. The predicted molar refractivity (Wildman–Crippen MR) is 388 cm³/mol. The highest BCUT2D eigenvalue weighted by molar-refractivity contribution is 8.93. The summed E-state index contributed by atoms with van der Waals surface area (Å²) < 4.78 is 3.61. The third kappa shape index (κ3) is 22.2. The van der Waals surface area contributed by atoms with Crippen molar-refractivity contribution < 1.29 is 33.4 Å².